The molecule has 2 aromatic rings. The third-order valence-corrected chi connectivity index (χ3v) is 2.36. The van der Waals surface area contributed by atoms with Gasteiger partial charge < -0.3 is 17.7 Å². The average Bonchev–Trinajstić information content (AvgIpc) is 2.37. The second-order valence-corrected chi connectivity index (χ2v) is 3.80. The van der Waals surface area contributed by atoms with Crippen LogP contribution >= 0.6 is 0 Å². The van der Waals surface area contributed by atoms with Crippen molar-refractivity contribution in [3.05, 3.63) is 54.4 Å². The summed E-state index contributed by atoms with van der Waals surface area (Å²) in [7, 11) is 0. The van der Waals surface area contributed by atoms with Gasteiger partial charge in [0.05, 0.1) is 0 Å². The number of rotatable bonds is 4. The van der Waals surface area contributed by atoms with Gasteiger partial charge in [-0.3, -0.25) is 4.98 Å². The van der Waals surface area contributed by atoms with E-state index in [-0.39, 0.29) is 63.7 Å². The van der Waals surface area contributed by atoms with Crippen molar-refractivity contribution in [1.29, 1.82) is 0 Å². The standard InChI is InChI=1S/C12H10BF3NO.K/c14-13(15,16)11-4-1-5-12(7-11)18-9-10-3-2-6-17-8-10;/h1-8H,9H2;/q-1;+1. The van der Waals surface area contributed by atoms with Gasteiger partial charge in [-0.2, -0.15) is 0 Å². The van der Waals surface area contributed by atoms with Crippen molar-refractivity contribution in [2.24, 2.45) is 0 Å². The van der Waals surface area contributed by atoms with Gasteiger partial charge in [-0.15, -0.1) is 5.46 Å². The summed E-state index contributed by atoms with van der Waals surface area (Å²) < 4.78 is 42.9. The van der Waals surface area contributed by atoms with Crippen molar-refractivity contribution >= 4 is 12.4 Å². The fourth-order valence-electron chi connectivity index (χ4n) is 1.46. The normalized spacial score (nSPS) is 10.7. The molecule has 1 aromatic carbocycles. The molecular formula is C12H10BF3KNO. The molecule has 0 bridgehead atoms. The fourth-order valence-corrected chi connectivity index (χ4v) is 1.46. The maximum absolute atomic E-state index is 12.5. The third-order valence-electron chi connectivity index (χ3n) is 2.36. The van der Waals surface area contributed by atoms with Crippen LogP contribution in [0.25, 0.3) is 0 Å². The smallest absolute Gasteiger partial charge is 0.489 e. The Kier molecular flexibility index (Phi) is 6.55. The molecule has 0 aliphatic heterocycles. The van der Waals surface area contributed by atoms with Crippen LogP contribution in [0, 0.1) is 0 Å². The zero-order valence-corrected chi connectivity index (χ0v) is 13.5. The fraction of sp³-hybridized carbons (Fsp3) is 0.0833. The Hall–Kier alpha value is -0.339. The van der Waals surface area contributed by atoms with E-state index < -0.39 is 12.4 Å². The molecule has 0 amide bonds. The average molecular weight is 291 g/mol. The van der Waals surface area contributed by atoms with E-state index >= 15 is 0 Å². The molecule has 0 saturated carbocycles. The largest absolute Gasteiger partial charge is 1.00 e. The van der Waals surface area contributed by atoms with Crippen molar-refractivity contribution < 1.29 is 69.1 Å². The molecule has 2 rings (SSSR count). The Morgan fingerprint density at radius 1 is 1.11 bits per heavy atom. The molecule has 0 spiro atoms. The molecule has 7 heteroatoms. The van der Waals surface area contributed by atoms with Crippen LogP contribution in [0.2, 0.25) is 0 Å². The van der Waals surface area contributed by atoms with Gasteiger partial charge in [0.15, 0.2) is 0 Å². The molecule has 0 fully saturated rings. The first-order chi connectivity index (χ1) is 8.55. The van der Waals surface area contributed by atoms with E-state index in [0.29, 0.717) is 0 Å². The first kappa shape index (κ1) is 16.7. The Labute approximate surface area is 151 Å². The van der Waals surface area contributed by atoms with E-state index in [1.807, 2.05) is 0 Å². The van der Waals surface area contributed by atoms with Crippen LogP contribution < -0.4 is 61.6 Å². The van der Waals surface area contributed by atoms with Crippen molar-refractivity contribution in [2.45, 2.75) is 6.61 Å². The minimum absolute atomic E-state index is 0. The number of benzene rings is 1. The Morgan fingerprint density at radius 3 is 2.53 bits per heavy atom. The predicted molar refractivity (Wildman–Crippen MR) is 63.7 cm³/mol. The molecule has 19 heavy (non-hydrogen) atoms. The van der Waals surface area contributed by atoms with Crippen molar-refractivity contribution in [3.63, 3.8) is 0 Å². The van der Waals surface area contributed by atoms with Crippen molar-refractivity contribution in [2.75, 3.05) is 0 Å². The summed E-state index contributed by atoms with van der Waals surface area (Å²) in [5.41, 5.74) is 0.152. The van der Waals surface area contributed by atoms with Crippen LogP contribution in [-0.4, -0.2) is 12.0 Å². The molecule has 0 saturated heterocycles. The van der Waals surface area contributed by atoms with Gasteiger partial charge in [0, 0.05) is 18.0 Å². The van der Waals surface area contributed by atoms with Gasteiger partial charge in [0.25, 0.3) is 0 Å². The number of aromatic nitrogens is 1. The first-order valence-electron chi connectivity index (χ1n) is 5.37. The predicted octanol–water partition coefficient (Wildman–Crippen LogP) is -0.281. The van der Waals surface area contributed by atoms with Crippen molar-refractivity contribution in [1.82, 2.24) is 4.98 Å². The van der Waals surface area contributed by atoms with E-state index in [0.717, 1.165) is 17.7 Å². The minimum atomic E-state index is -4.99. The van der Waals surface area contributed by atoms with E-state index in [2.05, 4.69) is 4.98 Å². The number of hydrogen-bond acceptors (Lipinski definition) is 2. The maximum Gasteiger partial charge on any atom is 1.00 e. The summed E-state index contributed by atoms with van der Waals surface area (Å²) in [5.74, 6) is 0.204. The molecule has 0 atom stereocenters. The number of hydrogen-bond donors (Lipinski definition) is 0. The number of pyridine rings is 1. The zero-order valence-electron chi connectivity index (χ0n) is 10.4. The van der Waals surface area contributed by atoms with E-state index in [1.54, 1.807) is 24.5 Å². The van der Waals surface area contributed by atoms with E-state index in [9.17, 15) is 12.9 Å². The quantitative estimate of drug-likeness (QED) is 0.723. The van der Waals surface area contributed by atoms with Gasteiger partial charge in [-0.25, -0.2) is 0 Å². The Morgan fingerprint density at radius 2 is 1.89 bits per heavy atom. The summed E-state index contributed by atoms with van der Waals surface area (Å²) >= 11 is 0. The number of ether oxygens (including phenoxy) is 1. The van der Waals surface area contributed by atoms with Crippen molar-refractivity contribution in [3.8, 4) is 5.75 Å². The molecule has 1 aromatic heterocycles. The molecule has 0 aliphatic rings. The molecule has 0 unspecified atom stereocenters. The molecule has 2 nitrogen and oxygen atoms in total. The second-order valence-electron chi connectivity index (χ2n) is 3.80. The van der Waals surface area contributed by atoms with Crippen LogP contribution in [0.4, 0.5) is 12.9 Å². The number of nitrogens with zero attached hydrogens (tertiary/aromatic N) is 1. The summed E-state index contributed by atoms with van der Waals surface area (Å²) in [5, 5.41) is 0. The zero-order chi connectivity index (χ0) is 13.0. The first-order valence-corrected chi connectivity index (χ1v) is 5.37. The molecule has 0 radical (unpaired) electrons. The van der Waals surface area contributed by atoms with Gasteiger partial charge in [0.1, 0.15) is 12.4 Å². The van der Waals surface area contributed by atoms with Gasteiger partial charge in [-0.1, -0.05) is 18.2 Å². The van der Waals surface area contributed by atoms with Crippen LogP contribution in [0.3, 0.4) is 0 Å². The molecule has 0 N–H and O–H groups in total. The Bertz CT molecular complexity index is 522. The monoisotopic (exact) mass is 291 g/mol. The molecule has 1 heterocycles. The van der Waals surface area contributed by atoms with E-state index in [4.69, 9.17) is 4.74 Å². The Balaban J connectivity index is 0.00000180. The number of halogens is 3. The van der Waals surface area contributed by atoms with Crippen LogP contribution in [-0.2, 0) is 6.61 Å². The maximum atomic E-state index is 12.5. The van der Waals surface area contributed by atoms with Gasteiger partial charge in [0.2, 0.25) is 0 Å². The summed E-state index contributed by atoms with van der Waals surface area (Å²) in [6.07, 6.45) is 3.23. The summed E-state index contributed by atoms with van der Waals surface area (Å²) in [6, 6.07) is 8.43. The summed E-state index contributed by atoms with van der Waals surface area (Å²) in [4.78, 5) is 3.90. The minimum Gasteiger partial charge on any atom is -0.489 e. The molecule has 0 aliphatic carbocycles. The van der Waals surface area contributed by atoms with Crippen LogP contribution in [0.15, 0.2) is 48.8 Å². The van der Waals surface area contributed by atoms with Gasteiger partial charge >= 0.3 is 58.4 Å². The molecule has 94 valence electrons. The second kappa shape index (κ2) is 7.45. The summed E-state index contributed by atoms with van der Waals surface area (Å²) in [6.45, 7) is -4.79. The van der Waals surface area contributed by atoms with Crippen LogP contribution in [0.1, 0.15) is 5.56 Å². The van der Waals surface area contributed by atoms with Crippen LogP contribution in [0.5, 0.6) is 5.75 Å². The molecular weight excluding hydrogens is 281 g/mol. The SMILES string of the molecule is F[B-](F)(F)c1cccc(OCc2cccnc2)c1.[K+]. The van der Waals surface area contributed by atoms with E-state index in [1.165, 1.54) is 12.1 Å². The third kappa shape index (κ3) is 5.27. The van der Waals surface area contributed by atoms with Gasteiger partial charge in [-0.05, 0) is 18.2 Å². The topological polar surface area (TPSA) is 22.1 Å².